The van der Waals surface area contributed by atoms with E-state index in [-0.39, 0.29) is 12.4 Å². The third kappa shape index (κ3) is 1.94. The summed E-state index contributed by atoms with van der Waals surface area (Å²) in [4.78, 5) is 10.6. The van der Waals surface area contributed by atoms with E-state index in [4.69, 9.17) is 14.6 Å². The van der Waals surface area contributed by atoms with Crippen molar-refractivity contribution in [2.24, 2.45) is 0 Å². The molecule has 0 saturated carbocycles. The fourth-order valence-electron chi connectivity index (χ4n) is 1.18. The van der Waals surface area contributed by atoms with Crippen LogP contribution in [-0.2, 0) is 14.3 Å². The first-order valence-corrected chi connectivity index (χ1v) is 3.79. The molecular weight excluding hydrogens is 162 g/mol. The van der Waals surface area contributed by atoms with E-state index in [0.717, 1.165) is 0 Å². The first-order chi connectivity index (χ1) is 5.65. The molecule has 0 radical (unpaired) electrons. The molecule has 0 aromatic heterocycles. The van der Waals surface area contributed by atoms with Crippen LogP contribution < -0.4 is 5.32 Å². The Bertz CT molecular complexity index is 173. The molecule has 70 valence electrons. The Morgan fingerprint density at radius 2 is 2.42 bits per heavy atom. The van der Waals surface area contributed by atoms with Gasteiger partial charge in [-0.2, -0.15) is 0 Å². The van der Waals surface area contributed by atoms with Crippen LogP contribution in [0.15, 0.2) is 0 Å². The first-order valence-electron chi connectivity index (χ1n) is 3.79. The number of hydrogen-bond donors (Lipinski definition) is 2. The Balaban J connectivity index is 2.47. The molecule has 1 aliphatic heterocycles. The lowest BCUT2D eigenvalue weighted by atomic mass is 10.1. The molecule has 0 aliphatic carbocycles. The Kier molecular flexibility index (Phi) is 3.02. The molecule has 5 nitrogen and oxygen atoms in total. The topological polar surface area (TPSA) is 67.8 Å². The van der Waals surface area contributed by atoms with Crippen LogP contribution in [0.4, 0.5) is 0 Å². The van der Waals surface area contributed by atoms with Crippen molar-refractivity contribution in [1.82, 2.24) is 5.32 Å². The number of carboxylic acids is 1. The fraction of sp³-hybridized carbons (Fsp3) is 0.857. The van der Waals surface area contributed by atoms with E-state index >= 15 is 0 Å². The molecule has 1 heterocycles. The minimum absolute atomic E-state index is 0.337. The lowest BCUT2D eigenvalue weighted by molar-refractivity contribution is -0.186. The van der Waals surface area contributed by atoms with E-state index in [1.807, 2.05) is 0 Å². The average molecular weight is 175 g/mol. The maximum atomic E-state index is 10.6. The zero-order chi connectivity index (χ0) is 9.14. The van der Waals surface area contributed by atoms with Gasteiger partial charge in [-0.1, -0.05) is 0 Å². The van der Waals surface area contributed by atoms with Crippen LogP contribution in [0.5, 0.6) is 0 Å². The summed E-state index contributed by atoms with van der Waals surface area (Å²) in [7, 11) is 1.53. The van der Waals surface area contributed by atoms with Crippen molar-refractivity contribution in [3.63, 3.8) is 0 Å². The van der Waals surface area contributed by atoms with Gasteiger partial charge < -0.3 is 14.6 Å². The summed E-state index contributed by atoms with van der Waals surface area (Å²) in [5.41, 5.74) is 0. The van der Waals surface area contributed by atoms with Gasteiger partial charge in [0.25, 0.3) is 0 Å². The van der Waals surface area contributed by atoms with Crippen LogP contribution in [0.3, 0.4) is 0 Å². The highest BCUT2D eigenvalue weighted by Gasteiger charge is 2.32. The molecule has 0 amide bonds. The fourth-order valence-corrected chi connectivity index (χ4v) is 1.18. The lowest BCUT2D eigenvalue weighted by Crippen LogP contribution is -2.55. The van der Waals surface area contributed by atoms with Crippen LogP contribution in [-0.4, -0.2) is 43.2 Å². The first kappa shape index (κ1) is 9.44. The van der Waals surface area contributed by atoms with E-state index in [1.165, 1.54) is 7.11 Å². The minimum Gasteiger partial charge on any atom is -0.480 e. The summed E-state index contributed by atoms with van der Waals surface area (Å²) in [5, 5.41) is 11.5. The molecule has 3 atom stereocenters. The SMILES string of the molecule is COC1CNC(C(=O)O)C(C)O1. The quantitative estimate of drug-likeness (QED) is 0.587. The lowest BCUT2D eigenvalue weighted by Gasteiger charge is -2.32. The van der Waals surface area contributed by atoms with Crippen LogP contribution in [0.25, 0.3) is 0 Å². The van der Waals surface area contributed by atoms with Crippen LogP contribution in [0, 0.1) is 0 Å². The molecule has 5 heteroatoms. The van der Waals surface area contributed by atoms with Gasteiger partial charge in [0, 0.05) is 13.7 Å². The van der Waals surface area contributed by atoms with Gasteiger partial charge in [0.05, 0.1) is 6.10 Å². The normalized spacial score (nSPS) is 36.3. The second kappa shape index (κ2) is 3.84. The van der Waals surface area contributed by atoms with Crippen LogP contribution in [0.1, 0.15) is 6.92 Å². The molecule has 1 rings (SSSR count). The highest BCUT2D eigenvalue weighted by Crippen LogP contribution is 2.09. The molecule has 0 aromatic rings. The van der Waals surface area contributed by atoms with Crippen molar-refractivity contribution >= 4 is 5.97 Å². The van der Waals surface area contributed by atoms with Gasteiger partial charge in [-0.15, -0.1) is 0 Å². The summed E-state index contributed by atoms with van der Waals surface area (Å²) < 4.78 is 10.2. The summed E-state index contributed by atoms with van der Waals surface area (Å²) in [6.45, 7) is 2.12. The molecule has 2 N–H and O–H groups in total. The number of carboxylic acid groups (broad SMARTS) is 1. The third-order valence-electron chi connectivity index (χ3n) is 1.87. The Labute approximate surface area is 70.7 Å². The summed E-state index contributed by atoms with van der Waals surface area (Å²) in [6.07, 6.45) is -0.697. The van der Waals surface area contributed by atoms with E-state index < -0.39 is 12.0 Å². The van der Waals surface area contributed by atoms with E-state index in [9.17, 15) is 4.79 Å². The summed E-state index contributed by atoms with van der Waals surface area (Å²) >= 11 is 0. The van der Waals surface area contributed by atoms with E-state index in [0.29, 0.717) is 6.54 Å². The van der Waals surface area contributed by atoms with Crippen molar-refractivity contribution in [3.05, 3.63) is 0 Å². The van der Waals surface area contributed by atoms with Crippen LogP contribution in [0.2, 0.25) is 0 Å². The number of methoxy groups -OCH3 is 1. The highest BCUT2D eigenvalue weighted by molar-refractivity contribution is 5.74. The Hall–Kier alpha value is -0.650. The Morgan fingerprint density at radius 1 is 1.75 bits per heavy atom. The third-order valence-corrected chi connectivity index (χ3v) is 1.87. The largest absolute Gasteiger partial charge is 0.480 e. The van der Waals surface area contributed by atoms with Gasteiger partial charge in [-0.3, -0.25) is 10.1 Å². The number of nitrogens with one attached hydrogen (secondary N) is 1. The Morgan fingerprint density at radius 3 is 2.83 bits per heavy atom. The molecule has 12 heavy (non-hydrogen) atoms. The monoisotopic (exact) mass is 175 g/mol. The van der Waals surface area contributed by atoms with Gasteiger partial charge in [0.15, 0.2) is 6.29 Å². The molecule has 3 unspecified atom stereocenters. The molecular formula is C7H13NO4. The van der Waals surface area contributed by atoms with E-state index in [2.05, 4.69) is 5.32 Å². The zero-order valence-electron chi connectivity index (χ0n) is 7.11. The van der Waals surface area contributed by atoms with E-state index in [1.54, 1.807) is 6.92 Å². The summed E-state index contributed by atoms with van der Waals surface area (Å²) in [5.74, 6) is -0.892. The number of ether oxygens (including phenoxy) is 2. The maximum absolute atomic E-state index is 10.6. The number of carbonyl (C=O) groups is 1. The van der Waals surface area contributed by atoms with Gasteiger partial charge in [0.1, 0.15) is 6.04 Å². The number of morpholine rings is 1. The smallest absolute Gasteiger partial charge is 0.323 e. The molecule has 1 fully saturated rings. The van der Waals surface area contributed by atoms with Gasteiger partial charge in [0.2, 0.25) is 0 Å². The van der Waals surface area contributed by atoms with Crippen LogP contribution >= 0.6 is 0 Å². The molecule has 0 spiro atoms. The number of hydrogen-bond acceptors (Lipinski definition) is 4. The van der Waals surface area contributed by atoms with Gasteiger partial charge in [-0.25, -0.2) is 0 Å². The standard InChI is InChI=1S/C7H13NO4/c1-4-6(7(9)10)8-3-5(11-2)12-4/h4-6,8H,3H2,1-2H3,(H,9,10). The molecule has 1 aliphatic rings. The predicted molar refractivity (Wildman–Crippen MR) is 40.8 cm³/mol. The molecule has 0 bridgehead atoms. The molecule has 0 aromatic carbocycles. The predicted octanol–water partition coefficient (Wildman–Crippen LogP) is -0.580. The average Bonchev–Trinajstić information content (AvgIpc) is 2.03. The second-order valence-electron chi connectivity index (χ2n) is 2.73. The second-order valence-corrected chi connectivity index (χ2v) is 2.73. The van der Waals surface area contributed by atoms with Gasteiger partial charge >= 0.3 is 5.97 Å². The summed E-state index contributed by atoms with van der Waals surface area (Å²) in [6, 6.07) is -0.628. The number of aliphatic carboxylic acids is 1. The maximum Gasteiger partial charge on any atom is 0.323 e. The van der Waals surface area contributed by atoms with Crippen molar-refractivity contribution in [1.29, 1.82) is 0 Å². The number of rotatable bonds is 2. The minimum atomic E-state index is -0.892. The molecule has 1 saturated heterocycles. The van der Waals surface area contributed by atoms with Crippen molar-refractivity contribution in [2.75, 3.05) is 13.7 Å². The van der Waals surface area contributed by atoms with Crippen molar-refractivity contribution < 1.29 is 19.4 Å². The highest BCUT2D eigenvalue weighted by atomic mass is 16.7. The zero-order valence-corrected chi connectivity index (χ0v) is 7.11. The van der Waals surface area contributed by atoms with Gasteiger partial charge in [-0.05, 0) is 6.92 Å². The van der Waals surface area contributed by atoms with Crippen molar-refractivity contribution in [2.45, 2.75) is 25.4 Å². The van der Waals surface area contributed by atoms with Crippen molar-refractivity contribution in [3.8, 4) is 0 Å².